The Kier molecular flexibility index (Phi) is 5.08. The van der Waals surface area contributed by atoms with Gasteiger partial charge in [0.25, 0.3) is 0 Å². The van der Waals surface area contributed by atoms with E-state index in [4.69, 9.17) is 4.74 Å². The fourth-order valence-corrected chi connectivity index (χ4v) is 2.67. The van der Waals surface area contributed by atoms with Gasteiger partial charge in [-0.15, -0.1) is 0 Å². The smallest absolute Gasteiger partial charge is 0.410 e. The van der Waals surface area contributed by atoms with Gasteiger partial charge in [0, 0.05) is 39.3 Å². The van der Waals surface area contributed by atoms with Crippen molar-refractivity contribution in [1.29, 1.82) is 0 Å². The Morgan fingerprint density at radius 3 is 2.00 bits per heavy atom. The Labute approximate surface area is 127 Å². The second-order valence-corrected chi connectivity index (χ2v) is 6.83. The second-order valence-electron chi connectivity index (χ2n) is 6.83. The molecule has 0 spiro atoms. The first-order valence-electron chi connectivity index (χ1n) is 7.83. The first-order valence-corrected chi connectivity index (χ1v) is 7.83. The lowest BCUT2D eigenvalue weighted by molar-refractivity contribution is -0.131. The lowest BCUT2D eigenvalue weighted by Crippen LogP contribution is -2.52. The van der Waals surface area contributed by atoms with Crippen LogP contribution in [0.5, 0.6) is 0 Å². The van der Waals surface area contributed by atoms with Gasteiger partial charge in [-0.1, -0.05) is 0 Å². The summed E-state index contributed by atoms with van der Waals surface area (Å²) in [6, 6.07) is 0. The van der Waals surface area contributed by atoms with Gasteiger partial charge >= 0.3 is 6.09 Å². The number of piperazine rings is 1. The Hall–Kier alpha value is -1.30. The fraction of sp³-hybridized carbons (Fsp3) is 0.867. The highest BCUT2D eigenvalue weighted by atomic mass is 16.6. The molecule has 0 aromatic carbocycles. The van der Waals surface area contributed by atoms with E-state index in [0.29, 0.717) is 19.6 Å². The third-order valence-electron chi connectivity index (χ3n) is 3.84. The van der Waals surface area contributed by atoms with E-state index in [1.165, 1.54) is 0 Å². The van der Waals surface area contributed by atoms with Crippen LogP contribution in [-0.2, 0) is 9.53 Å². The SMILES string of the molecule is CC(C)(C)OC(=O)N1CCN(CC(=O)N2CCCC2)CC1. The van der Waals surface area contributed by atoms with Crippen LogP contribution in [0.15, 0.2) is 0 Å². The highest BCUT2D eigenvalue weighted by Crippen LogP contribution is 2.13. The largest absolute Gasteiger partial charge is 0.444 e. The maximum Gasteiger partial charge on any atom is 0.410 e. The lowest BCUT2D eigenvalue weighted by atomic mass is 10.2. The minimum Gasteiger partial charge on any atom is -0.444 e. The number of ether oxygens (including phenoxy) is 1. The maximum absolute atomic E-state index is 12.1. The zero-order valence-electron chi connectivity index (χ0n) is 13.4. The summed E-state index contributed by atoms with van der Waals surface area (Å²) < 4.78 is 5.37. The summed E-state index contributed by atoms with van der Waals surface area (Å²) in [5.41, 5.74) is -0.458. The van der Waals surface area contributed by atoms with E-state index in [2.05, 4.69) is 4.90 Å². The van der Waals surface area contributed by atoms with Crippen molar-refractivity contribution in [2.75, 3.05) is 45.8 Å². The average molecular weight is 297 g/mol. The second kappa shape index (κ2) is 6.64. The van der Waals surface area contributed by atoms with E-state index in [1.807, 2.05) is 25.7 Å². The fourth-order valence-electron chi connectivity index (χ4n) is 2.67. The normalized spacial score (nSPS) is 20.7. The van der Waals surface area contributed by atoms with Crippen LogP contribution in [0.25, 0.3) is 0 Å². The third-order valence-corrected chi connectivity index (χ3v) is 3.84. The van der Waals surface area contributed by atoms with Crippen molar-refractivity contribution in [3.63, 3.8) is 0 Å². The molecular formula is C15H27N3O3. The number of hydrogen-bond acceptors (Lipinski definition) is 4. The minimum absolute atomic E-state index is 0.221. The van der Waals surface area contributed by atoms with Crippen molar-refractivity contribution in [2.45, 2.75) is 39.2 Å². The molecule has 2 amide bonds. The van der Waals surface area contributed by atoms with Crippen molar-refractivity contribution >= 4 is 12.0 Å². The van der Waals surface area contributed by atoms with Crippen LogP contribution in [0.1, 0.15) is 33.6 Å². The van der Waals surface area contributed by atoms with Crippen molar-refractivity contribution in [1.82, 2.24) is 14.7 Å². The molecule has 2 saturated heterocycles. The van der Waals surface area contributed by atoms with Crippen LogP contribution in [0.2, 0.25) is 0 Å². The summed E-state index contributed by atoms with van der Waals surface area (Å²) in [6.07, 6.45) is 1.99. The third kappa shape index (κ3) is 4.88. The summed E-state index contributed by atoms with van der Waals surface area (Å²) in [5, 5.41) is 0. The van der Waals surface area contributed by atoms with Gasteiger partial charge in [0.1, 0.15) is 5.60 Å². The number of nitrogens with zero attached hydrogens (tertiary/aromatic N) is 3. The molecule has 0 saturated carbocycles. The Morgan fingerprint density at radius 2 is 1.48 bits per heavy atom. The van der Waals surface area contributed by atoms with Gasteiger partial charge in [-0.05, 0) is 33.6 Å². The van der Waals surface area contributed by atoms with Gasteiger partial charge in [-0.2, -0.15) is 0 Å². The summed E-state index contributed by atoms with van der Waals surface area (Å²) in [5.74, 6) is 0.221. The summed E-state index contributed by atoms with van der Waals surface area (Å²) in [6.45, 7) is 10.6. The van der Waals surface area contributed by atoms with E-state index >= 15 is 0 Å². The predicted octanol–water partition coefficient (Wildman–Crippen LogP) is 1.16. The number of likely N-dealkylation sites (tertiary alicyclic amines) is 1. The zero-order valence-corrected chi connectivity index (χ0v) is 13.4. The molecule has 2 heterocycles. The summed E-state index contributed by atoms with van der Waals surface area (Å²) >= 11 is 0. The van der Waals surface area contributed by atoms with Gasteiger partial charge in [0.2, 0.25) is 5.91 Å². The molecule has 0 atom stereocenters. The van der Waals surface area contributed by atoms with Gasteiger partial charge in [0.15, 0.2) is 0 Å². The topological polar surface area (TPSA) is 53.1 Å². The molecule has 0 aromatic rings. The van der Waals surface area contributed by atoms with Crippen LogP contribution in [0, 0.1) is 0 Å². The standard InChI is InChI=1S/C15H27N3O3/c1-15(2,3)21-14(20)18-10-8-16(9-11-18)12-13(19)17-6-4-5-7-17/h4-12H2,1-3H3. The zero-order chi connectivity index (χ0) is 15.5. The van der Waals surface area contributed by atoms with E-state index in [-0.39, 0.29) is 12.0 Å². The van der Waals surface area contributed by atoms with Crippen LogP contribution in [-0.4, -0.2) is 78.1 Å². The number of carbonyl (C=O) groups excluding carboxylic acids is 2. The molecule has 0 aromatic heterocycles. The van der Waals surface area contributed by atoms with E-state index < -0.39 is 5.60 Å². The highest BCUT2D eigenvalue weighted by Gasteiger charge is 2.27. The lowest BCUT2D eigenvalue weighted by Gasteiger charge is -2.35. The summed E-state index contributed by atoms with van der Waals surface area (Å²) in [7, 11) is 0. The van der Waals surface area contributed by atoms with Crippen LogP contribution >= 0.6 is 0 Å². The first-order chi connectivity index (χ1) is 9.85. The number of rotatable bonds is 2. The number of carbonyl (C=O) groups is 2. The molecule has 2 aliphatic rings. The van der Waals surface area contributed by atoms with Gasteiger partial charge in [-0.3, -0.25) is 9.69 Å². The molecular weight excluding hydrogens is 270 g/mol. The minimum atomic E-state index is -0.458. The molecule has 2 aliphatic heterocycles. The van der Waals surface area contributed by atoms with Crippen LogP contribution in [0.3, 0.4) is 0 Å². The Morgan fingerprint density at radius 1 is 0.905 bits per heavy atom. The number of amides is 2. The van der Waals surface area contributed by atoms with Crippen LogP contribution in [0.4, 0.5) is 4.79 Å². The molecule has 6 heteroatoms. The van der Waals surface area contributed by atoms with Crippen molar-refractivity contribution in [2.24, 2.45) is 0 Å². The molecule has 6 nitrogen and oxygen atoms in total. The molecule has 0 radical (unpaired) electrons. The highest BCUT2D eigenvalue weighted by molar-refractivity contribution is 5.78. The van der Waals surface area contributed by atoms with E-state index in [0.717, 1.165) is 39.0 Å². The molecule has 21 heavy (non-hydrogen) atoms. The molecule has 0 N–H and O–H groups in total. The van der Waals surface area contributed by atoms with Crippen molar-refractivity contribution < 1.29 is 14.3 Å². The van der Waals surface area contributed by atoms with Gasteiger partial charge < -0.3 is 14.5 Å². The van der Waals surface area contributed by atoms with Gasteiger partial charge in [0.05, 0.1) is 6.54 Å². The number of hydrogen-bond donors (Lipinski definition) is 0. The Bertz CT molecular complexity index is 378. The van der Waals surface area contributed by atoms with Gasteiger partial charge in [-0.25, -0.2) is 4.79 Å². The maximum atomic E-state index is 12.1. The van der Waals surface area contributed by atoms with Crippen molar-refractivity contribution in [3.8, 4) is 0 Å². The first kappa shape index (κ1) is 16.1. The van der Waals surface area contributed by atoms with E-state index in [9.17, 15) is 9.59 Å². The Balaban J connectivity index is 1.72. The summed E-state index contributed by atoms with van der Waals surface area (Å²) in [4.78, 5) is 29.9. The van der Waals surface area contributed by atoms with E-state index in [1.54, 1.807) is 4.90 Å². The predicted molar refractivity (Wildman–Crippen MR) is 80.1 cm³/mol. The molecule has 2 fully saturated rings. The average Bonchev–Trinajstić information content (AvgIpc) is 2.91. The molecule has 0 unspecified atom stereocenters. The molecule has 0 bridgehead atoms. The molecule has 0 aliphatic carbocycles. The van der Waals surface area contributed by atoms with Crippen molar-refractivity contribution in [3.05, 3.63) is 0 Å². The molecule has 120 valence electrons. The molecule has 2 rings (SSSR count). The monoisotopic (exact) mass is 297 g/mol. The van der Waals surface area contributed by atoms with Crippen LogP contribution < -0.4 is 0 Å². The quantitative estimate of drug-likeness (QED) is 0.767.